The van der Waals surface area contributed by atoms with Crippen LogP contribution in [0.3, 0.4) is 0 Å². The van der Waals surface area contributed by atoms with E-state index in [0.29, 0.717) is 76.7 Å². The maximum atomic E-state index is 14.3. The van der Waals surface area contributed by atoms with Crippen LogP contribution in [0.25, 0.3) is 0 Å². The number of amides is 2. The van der Waals surface area contributed by atoms with E-state index in [1.165, 1.54) is 24.3 Å². The van der Waals surface area contributed by atoms with Gasteiger partial charge in [-0.25, -0.2) is 8.78 Å². The van der Waals surface area contributed by atoms with Gasteiger partial charge in [0, 0.05) is 162 Å². The number of benzene rings is 2. The third-order valence-electron chi connectivity index (χ3n) is 17.4. The number of H-pyrrole nitrogens is 2. The van der Waals surface area contributed by atoms with Crippen LogP contribution >= 0.6 is 0 Å². The smallest absolute Gasteiger partial charge is 0.251 e. The Morgan fingerprint density at radius 2 is 1.01 bits per heavy atom. The molecule has 20 heteroatoms. The minimum Gasteiger partial charge on any atom is -0.379 e. The van der Waals surface area contributed by atoms with Gasteiger partial charge in [-0.05, 0) is 74.2 Å². The first-order valence-corrected chi connectivity index (χ1v) is 29.8. The van der Waals surface area contributed by atoms with E-state index in [1.807, 2.05) is 21.9 Å². The topological polar surface area (TPSA) is 180 Å². The van der Waals surface area contributed by atoms with E-state index in [-0.39, 0.29) is 84.0 Å². The highest BCUT2D eigenvalue weighted by molar-refractivity contribution is 5.98. The summed E-state index contributed by atoms with van der Waals surface area (Å²) in [4.78, 5) is 74.5. The van der Waals surface area contributed by atoms with Crippen LogP contribution in [0.4, 0.5) is 20.2 Å². The van der Waals surface area contributed by atoms with Crippen molar-refractivity contribution in [2.45, 2.75) is 114 Å². The number of carbonyl (C=O) groups is 2. The molecule has 4 N–H and O–H groups in total. The second kappa shape index (κ2) is 26.3. The number of rotatable bonds is 21. The molecule has 18 nitrogen and oxygen atoms in total. The fourth-order valence-electron chi connectivity index (χ4n) is 12.9. The Hall–Kier alpha value is -5.26. The van der Waals surface area contributed by atoms with Crippen LogP contribution in [-0.4, -0.2) is 209 Å². The summed E-state index contributed by atoms with van der Waals surface area (Å²) in [7, 11) is 0. The van der Waals surface area contributed by atoms with Gasteiger partial charge in [0.25, 0.3) is 11.1 Å². The van der Waals surface area contributed by atoms with Gasteiger partial charge in [0.1, 0.15) is 11.6 Å². The van der Waals surface area contributed by atoms with Crippen molar-refractivity contribution in [3.8, 4) is 0 Å². The number of pyridine rings is 2. The molecular formula is C62H86F2N10O8. The van der Waals surface area contributed by atoms with E-state index < -0.39 is 10.8 Å². The second-order valence-electron chi connectivity index (χ2n) is 25.2. The van der Waals surface area contributed by atoms with Crippen LogP contribution in [0.15, 0.2) is 70.3 Å². The van der Waals surface area contributed by atoms with Gasteiger partial charge in [-0.1, -0.05) is 52.0 Å². The summed E-state index contributed by atoms with van der Waals surface area (Å²) in [6.07, 6.45) is 2.31. The third-order valence-corrected chi connectivity index (χ3v) is 17.4. The number of halogens is 2. The number of nitrogens with one attached hydrogen (secondary N) is 4. The molecule has 4 aromatic rings. The van der Waals surface area contributed by atoms with Crippen LogP contribution in [-0.2, 0) is 52.2 Å². The fraction of sp³-hybridized carbons (Fsp3) is 0.613. The summed E-state index contributed by atoms with van der Waals surface area (Å²) in [5.74, 6) is -0.645. The molecule has 0 aliphatic carbocycles. The number of anilines is 2. The Morgan fingerprint density at radius 1 is 0.610 bits per heavy atom. The normalized spacial score (nSPS) is 25.1. The van der Waals surface area contributed by atoms with Crippen molar-refractivity contribution < 1.29 is 37.3 Å². The number of unbranched alkanes of at least 4 members (excludes halogenated alkanes) is 1. The molecule has 6 atom stereocenters. The summed E-state index contributed by atoms with van der Waals surface area (Å²) >= 11 is 0. The van der Waals surface area contributed by atoms with Crippen molar-refractivity contribution in [3.05, 3.63) is 127 Å². The van der Waals surface area contributed by atoms with Gasteiger partial charge in [0.2, 0.25) is 11.8 Å². The molecule has 6 aliphatic rings. The number of fused-ring (bicyclic) bond motifs is 2. The quantitative estimate of drug-likeness (QED) is 0.0880. The Bertz CT molecular complexity index is 2760. The first kappa shape index (κ1) is 59.9. The minimum absolute atomic E-state index is 0.00471. The Balaban J connectivity index is 0.633. The zero-order valence-electron chi connectivity index (χ0n) is 48.9. The van der Waals surface area contributed by atoms with Crippen molar-refractivity contribution >= 4 is 23.2 Å². The Morgan fingerprint density at radius 3 is 1.41 bits per heavy atom. The molecule has 2 aromatic carbocycles. The maximum absolute atomic E-state index is 14.3. The van der Waals surface area contributed by atoms with Crippen molar-refractivity contribution in [3.63, 3.8) is 0 Å². The zero-order chi connectivity index (χ0) is 57.7. The summed E-state index contributed by atoms with van der Waals surface area (Å²) in [6, 6.07) is 16.7. The van der Waals surface area contributed by atoms with Crippen molar-refractivity contribution in [2.24, 2.45) is 0 Å². The summed E-state index contributed by atoms with van der Waals surface area (Å²) < 4.78 is 51.9. The SMILES string of the molecule is C[C@@H]1CN(CC(=O)N2CC(C)(C)c3[nH]c(=O)c(Cc4ccc(F)cc4)cc32)[C@@H](CN2CCO[C@@H](COCCCCOC[C@H]3CN(C[C@H]4CN[C@H](C)CN4CC(=O)N4CC(C)(C)c5[nH]c(=O)c(Cc6ccc(F)cc6)cc54)CCO3)C2)CN1. The largest absolute Gasteiger partial charge is 0.379 e. The molecule has 2 amide bonds. The number of morpholine rings is 2. The second-order valence-corrected chi connectivity index (χ2v) is 25.2. The molecule has 4 saturated heterocycles. The highest BCUT2D eigenvalue weighted by atomic mass is 19.1. The van der Waals surface area contributed by atoms with Gasteiger partial charge in [-0.15, -0.1) is 0 Å². The zero-order valence-corrected chi connectivity index (χ0v) is 48.9. The van der Waals surface area contributed by atoms with Gasteiger partial charge in [0.05, 0.1) is 63.1 Å². The molecule has 2 aromatic heterocycles. The lowest BCUT2D eigenvalue weighted by Gasteiger charge is -2.43. The molecule has 10 rings (SSSR count). The molecule has 0 radical (unpaired) electrons. The van der Waals surface area contributed by atoms with Gasteiger partial charge < -0.3 is 49.3 Å². The van der Waals surface area contributed by atoms with Crippen molar-refractivity contribution in [1.82, 2.24) is 40.2 Å². The summed E-state index contributed by atoms with van der Waals surface area (Å²) in [5, 5.41) is 7.28. The number of hydrogen-bond acceptors (Lipinski definition) is 14. The van der Waals surface area contributed by atoms with Crippen LogP contribution in [0, 0.1) is 11.6 Å². The Kier molecular flexibility index (Phi) is 19.2. The standard InChI is InChI=1S/C62H86F2N10O8/c1-41-29-71(35-55(75)73-39-61(3,4)57-53(73)25-45(59(77)67-57)23-43-9-13-47(63)14-10-43)49(27-65-41)31-69-17-21-81-51(33-69)37-79-19-7-8-20-80-38-52-34-70(18-22-82-52)32-50-28-66-42(2)30-72(50)36-56(76)74-40-62(5,6)58-54(74)26-46(60(78)68-58)24-44-11-15-48(64)16-12-44/h9-16,25-26,41-42,49-52,65-66H,7-8,17-24,27-40H2,1-6H3,(H,67,77)(H,68,78)/t41-,42-,49-,50-,51-,52-/m1/s1. The molecule has 0 bridgehead atoms. The third kappa shape index (κ3) is 14.8. The van der Waals surface area contributed by atoms with Gasteiger partial charge in [-0.2, -0.15) is 0 Å². The molecule has 8 heterocycles. The van der Waals surface area contributed by atoms with Crippen molar-refractivity contribution in [1.29, 1.82) is 0 Å². The number of nitrogens with zero attached hydrogens (tertiary/aromatic N) is 6. The summed E-state index contributed by atoms with van der Waals surface area (Å²) in [5.41, 5.74) is 4.52. The van der Waals surface area contributed by atoms with Crippen molar-refractivity contribution in [2.75, 3.05) is 141 Å². The average molecular weight is 1140 g/mol. The average Bonchev–Trinajstić information content (AvgIpc) is 3.75. The molecule has 82 heavy (non-hydrogen) atoms. The lowest BCUT2D eigenvalue weighted by molar-refractivity contribution is -0.122. The molecule has 4 fully saturated rings. The number of aromatic amines is 2. The van der Waals surface area contributed by atoms with E-state index in [2.05, 4.69) is 81.7 Å². The predicted octanol–water partition coefficient (Wildman–Crippen LogP) is 4.01. The highest BCUT2D eigenvalue weighted by Crippen LogP contribution is 2.40. The van der Waals surface area contributed by atoms with Gasteiger partial charge in [-0.3, -0.25) is 38.8 Å². The molecule has 0 unspecified atom stereocenters. The van der Waals surface area contributed by atoms with E-state index in [0.717, 1.165) is 112 Å². The molecule has 446 valence electrons. The monoisotopic (exact) mass is 1140 g/mol. The van der Waals surface area contributed by atoms with Gasteiger partial charge >= 0.3 is 0 Å². The number of ether oxygens (including phenoxy) is 4. The van der Waals surface area contributed by atoms with Crippen LogP contribution in [0.1, 0.15) is 88.0 Å². The van der Waals surface area contributed by atoms with Crippen LogP contribution in [0.5, 0.6) is 0 Å². The molecular weight excluding hydrogens is 1050 g/mol. The first-order valence-electron chi connectivity index (χ1n) is 29.8. The number of hydrogen-bond donors (Lipinski definition) is 4. The molecule has 0 spiro atoms. The van der Waals surface area contributed by atoms with E-state index in [9.17, 15) is 28.0 Å². The maximum Gasteiger partial charge on any atom is 0.251 e. The number of carbonyl (C=O) groups excluding carboxylic acids is 2. The predicted molar refractivity (Wildman–Crippen MR) is 312 cm³/mol. The van der Waals surface area contributed by atoms with E-state index >= 15 is 0 Å². The lowest BCUT2D eigenvalue weighted by Crippen LogP contribution is -2.61. The molecule has 0 saturated carbocycles. The number of aromatic nitrogens is 2. The molecule has 6 aliphatic heterocycles. The minimum atomic E-state index is -0.427. The Labute approximate surface area is 481 Å². The van der Waals surface area contributed by atoms with Crippen LogP contribution < -0.4 is 31.6 Å². The van der Waals surface area contributed by atoms with Gasteiger partial charge in [0.15, 0.2) is 0 Å². The summed E-state index contributed by atoms with van der Waals surface area (Å²) in [6.45, 7) is 25.2. The van der Waals surface area contributed by atoms with E-state index in [1.54, 1.807) is 24.3 Å². The lowest BCUT2D eigenvalue weighted by atomic mass is 9.91. The van der Waals surface area contributed by atoms with E-state index in [4.69, 9.17) is 18.9 Å². The van der Waals surface area contributed by atoms with Crippen LogP contribution in [0.2, 0.25) is 0 Å². The first-order chi connectivity index (χ1) is 39.3. The fourth-order valence-corrected chi connectivity index (χ4v) is 12.9. The number of piperazine rings is 2. The highest BCUT2D eigenvalue weighted by Gasteiger charge is 2.43.